The molecule has 7 heteroatoms. The number of halogens is 1. The number of carbonyl (C=O) groups is 1. The Kier molecular flexibility index (Phi) is 3.90. The van der Waals surface area contributed by atoms with Gasteiger partial charge in [-0.05, 0) is 40.5 Å². The topological polar surface area (TPSA) is 46.1 Å². The van der Waals surface area contributed by atoms with Gasteiger partial charge in [0.15, 0.2) is 0 Å². The molecule has 1 amide bonds. The van der Waals surface area contributed by atoms with Crippen LogP contribution in [0.15, 0.2) is 15.9 Å². The van der Waals surface area contributed by atoms with Crippen molar-refractivity contribution < 1.29 is 4.79 Å². The number of nitrogens with zero attached hydrogens (tertiary/aromatic N) is 3. The zero-order chi connectivity index (χ0) is 12.4. The highest BCUT2D eigenvalue weighted by Gasteiger charge is 2.18. The van der Waals surface area contributed by atoms with Gasteiger partial charge in [-0.15, -0.1) is 16.4 Å². The Balaban J connectivity index is 2.08. The molecule has 0 aliphatic carbocycles. The summed E-state index contributed by atoms with van der Waals surface area (Å²) in [6.07, 6.45) is 0. The van der Waals surface area contributed by atoms with Crippen LogP contribution in [0.5, 0.6) is 0 Å². The summed E-state index contributed by atoms with van der Waals surface area (Å²) in [7, 11) is 1.79. The van der Waals surface area contributed by atoms with E-state index in [1.807, 2.05) is 11.4 Å². The lowest BCUT2D eigenvalue weighted by atomic mass is 10.3. The molecule has 0 radical (unpaired) electrons. The largest absolute Gasteiger partial charge is 0.336 e. The quantitative estimate of drug-likeness (QED) is 0.868. The van der Waals surface area contributed by atoms with Crippen LogP contribution in [-0.2, 0) is 6.54 Å². The second-order valence-corrected chi connectivity index (χ2v) is 6.25. The molecule has 2 aromatic rings. The highest BCUT2D eigenvalue weighted by Crippen LogP contribution is 2.22. The SMILES string of the molecule is Cc1nnsc1C(=O)N(C)Cc1cc(Br)cs1. The third kappa shape index (κ3) is 2.91. The molecule has 0 saturated carbocycles. The fraction of sp³-hybridized carbons (Fsp3) is 0.300. The molecule has 2 rings (SSSR count). The number of thiophene rings is 1. The Morgan fingerprint density at radius 3 is 2.88 bits per heavy atom. The fourth-order valence-electron chi connectivity index (χ4n) is 1.34. The molecule has 90 valence electrons. The second kappa shape index (κ2) is 5.24. The minimum atomic E-state index is -0.0259. The Labute approximate surface area is 116 Å². The first-order valence-corrected chi connectivity index (χ1v) is 7.30. The van der Waals surface area contributed by atoms with Crippen molar-refractivity contribution in [1.82, 2.24) is 14.5 Å². The number of carbonyl (C=O) groups excluding carboxylic acids is 1. The van der Waals surface area contributed by atoms with Crippen molar-refractivity contribution in [2.75, 3.05) is 7.05 Å². The van der Waals surface area contributed by atoms with Crippen LogP contribution in [-0.4, -0.2) is 27.4 Å². The molecule has 0 unspecified atom stereocenters. The van der Waals surface area contributed by atoms with E-state index in [9.17, 15) is 4.79 Å². The summed E-state index contributed by atoms with van der Waals surface area (Å²) < 4.78 is 4.83. The van der Waals surface area contributed by atoms with E-state index < -0.39 is 0 Å². The van der Waals surface area contributed by atoms with Gasteiger partial charge in [0.25, 0.3) is 5.91 Å². The summed E-state index contributed by atoms with van der Waals surface area (Å²) >= 11 is 6.17. The van der Waals surface area contributed by atoms with Gasteiger partial charge in [0.1, 0.15) is 4.88 Å². The van der Waals surface area contributed by atoms with Crippen molar-refractivity contribution in [3.05, 3.63) is 31.4 Å². The molecule has 0 bridgehead atoms. The summed E-state index contributed by atoms with van der Waals surface area (Å²) in [5.41, 5.74) is 0.694. The van der Waals surface area contributed by atoms with Crippen LogP contribution in [0.1, 0.15) is 20.2 Å². The third-order valence-corrected chi connectivity index (χ3v) is 4.71. The van der Waals surface area contributed by atoms with Gasteiger partial charge in [0, 0.05) is 21.8 Å². The lowest BCUT2D eigenvalue weighted by Gasteiger charge is -2.14. The van der Waals surface area contributed by atoms with Crippen LogP contribution in [0.4, 0.5) is 0 Å². The Morgan fingerprint density at radius 2 is 2.35 bits per heavy atom. The van der Waals surface area contributed by atoms with E-state index in [-0.39, 0.29) is 5.91 Å². The summed E-state index contributed by atoms with van der Waals surface area (Å²) in [6, 6.07) is 2.02. The standard InChI is InChI=1S/C10H10BrN3OS2/c1-6-9(17-13-12-6)10(15)14(2)4-8-3-7(11)5-16-8/h3,5H,4H2,1-2H3. The van der Waals surface area contributed by atoms with Crippen LogP contribution in [0.25, 0.3) is 0 Å². The molecular weight excluding hydrogens is 322 g/mol. The fourth-order valence-corrected chi connectivity index (χ4v) is 3.50. The summed E-state index contributed by atoms with van der Waals surface area (Å²) in [5, 5.41) is 5.85. The smallest absolute Gasteiger partial charge is 0.267 e. The molecule has 2 heterocycles. The number of hydrogen-bond donors (Lipinski definition) is 0. The van der Waals surface area contributed by atoms with Crippen molar-refractivity contribution in [2.45, 2.75) is 13.5 Å². The molecule has 0 aromatic carbocycles. The van der Waals surface area contributed by atoms with E-state index in [0.29, 0.717) is 17.1 Å². The molecule has 0 aliphatic rings. The van der Waals surface area contributed by atoms with Crippen molar-refractivity contribution in [3.8, 4) is 0 Å². The predicted octanol–water partition coefficient (Wildman–Crippen LogP) is 2.94. The summed E-state index contributed by atoms with van der Waals surface area (Å²) in [6.45, 7) is 2.40. The molecule has 0 aliphatic heterocycles. The van der Waals surface area contributed by atoms with Crippen molar-refractivity contribution in [3.63, 3.8) is 0 Å². The number of aromatic nitrogens is 2. The molecule has 0 fully saturated rings. The number of amides is 1. The van der Waals surface area contributed by atoms with Crippen LogP contribution in [0, 0.1) is 6.92 Å². The summed E-state index contributed by atoms with van der Waals surface area (Å²) in [4.78, 5) is 15.5. The van der Waals surface area contributed by atoms with E-state index in [1.165, 1.54) is 0 Å². The average molecular weight is 332 g/mol. The summed E-state index contributed by atoms with van der Waals surface area (Å²) in [5.74, 6) is -0.0259. The third-order valence-electron chi connectivity index (χ3n) is 2.21. The zero-order valence-corrected chi connectivity index (χ0v) is 12.5. The van der Waals surface area contributed by atoms with Gasteiger partial charge in [0.05, 0.1) is 12.2 Å². The maximum absolute atomic E-state index is 12.1. The monoisotopic (exact) mass is 331 g/mol. The van der Waals surface area contributed by atoms with Gasteiger partial charge in [-0.3, -0.25) is 4.79 Å². The van der Waals surface area contributed by atoms with Crippen molar-refractivity contribution in [1.29, 1.82) is 0 Å². The molecule has 17 heavy (non-hydrogen) atoms. The highest BCUT2D eigenvalue weighted by atomic mass is 79.9. The van der Waals surface area contributed by atoms with Gasteiger partial charge in [-0.25, -0.2) is 0 Å². The van der Waals surface area contributed by atoms with Gasteiger partial charge in [-0.1, -0.05) is 4.49 Å². The minimum Gasteiger partial charge on any atom is -0.336 e. The first-order valence-electron chi connectivity index (χ1n) is 4.85. The Morgan fingerprint density at radius 1 is 1.59 bits per heavy atom. The normalized spacial score (nSPS) is 10.5. The van der Waals surface area contributed by atoms with Crippen molar-refractivity contribution in [2.24, 2.45) is 0 Å². The van der Waals surface area contributed by atoms with Gasteiger partial charge >= 0.3 is 0 Å². The molecule has 4 nitrogen and oxygen atoms in total. The van der Waals surface area contributed by atoms with E-state index in [0.717, 1.165) is 20.9 Å². The number of hydrogen-bond acceptors (Lipinski definition) is 5. The maximum Gasteiger partial charge on any atom is 0.267 e. The molecule has 0 spiro atoms. The first-order chi connectivity index (χ1) is 8.08. The van der Waals surface area contributed by atoms with Crippen LogP contribution < -0.4 is 0 Å². The van der Waals surface area contributed by atoms with E-state index in [4.69, 9.17) is 0 Å². The Hall–Kier alpha value is -0.790. The zero-order valence-electron chi connectivity index (χ0n) is 9.31. The van der Waals surface area contributed by atoms with E-state index in [1.54, 1.807) is 30.2 Å². The van der Waals surface area contributed by atoms with Crippen LogP contribution in [0.2, 0.25) is 0 Å². The van der Waals surface area contributed by atoms with Gasteiger partial charge < -0.3 is 4.90 Å². The maximum atomic E-state index is 12.1. The van der Waals surface area contributed by atoms with Crippen molar-refractivity contribution >= 4 is 44.7 Å². The van der Waals surface area contributed by atoms with Gasteiger partial charge in [0.2, 0.25) is 0 Å². The highest BCUT2D eigenvalue weighted by molar-refractivity contribution is 9.10. The molecule has 2 aromatic heterocycles. The minimum absolute atomic E-state index is 0.0259. The van der Waals surface area contributed by atoms with Gasteiger partial charge in [-0.2, -0.15) is 0 Å². The average Bonchev–Trinajstić information content (AvgIpc) is 2.86. The molecule has 0 N–H and O–H groups in total. The van der Waals surface area contributed by atoms with E-state index in [2.05, 4.69) is 25.5 Å². The number of aryl methyl sites for hydroxylation is 1. The first kappa shape index (κ1) is 12.7. The molecule has 0 saturated heterocycles. The molecular formula is C10H10BrN3OS2. The second-order valence-electron chi connectivity index (χ2n) is 3.58. The lowest BCUT2D eigenvalue weighted by molar-refractivity contribution is 0.0790. The lowest BCUT2D eigenvalue weighted by Crippen LogP contribution is -2.25. The predicted molar refractivity (Wildman–Crippen MR) is 72.5 cm³/mol. The van der Waals surface area contributed by atoms with Crippen LogP contribution >= 0.6 is 38.8 Å². The Bertz CT molecular complexity index is 537. The van der Waals surface area contributed by atoms with Crippen LogP contribution in [0.3, 0.4) is 0 Å². The number of rotatable bonds is 3. The van der Waals surface area contributed by atoms with E-state index >= 15 is 0 Å². The molecule has 0 atom stereocenters.